The number of nitrogens with one attached hydrogen (secondary N) is 4. The van der Waals surface area contributed by atoms with E-state index in [1.165, 1.54) is 19.1 Å². The Hall–Kier alpha value is -4.91. The number of carbonyl (C=O) groups excluding carboxylic acids is 3. The number of benzene rings is 2. The first-order chi connectivity index (χ1) is 19.4. The number of rotatable bonds is 14. The van der Waals surface area contributed by atoms with Crippen molar-refractivity contribution in [1.82, 2.24) is 20.9 Å². The number of aliphatic carboxylic acids is 2. The number of amides is 3. The fraction of sp³-hybridized carbons (Fsp3) is 0.321. The van der Waals surface area contributed by atoms with E-state index in [0.29, 0.717) is 11.1 Å². The van der Waals surface area contributed by atoms with E-state index in [9.17, 15) is 39.3 Å². The Morgan fingerprint density at radius 2 is 1.49 bits per heavy atom. The summed E-state index contributed by atoms with van der Waals surface area (Å²) in [4.78, 5) is 64.9. The van der Waals surface area contributed by atoms with E-state index in [-0.39, 0.29) is 25.0 Å². The number of hydrogen-bond acceptors (Lipinski definition) is 7. The van der Waals surface area contributed by atoms with Crippen molar-refractivity contribution in [3.05, 3.63) is 65.9 Å². The van der Waals surface area contributed by atoms with Crippen LogP contribution in [0.2, 0.25) is 0 Å². The second-order valence-corrected chi connectivity index (χ2v) is 9.66. The lowest BCUT2D eigenvalue weighted by molar-refractivity contribution is -0.141. The van der Waals surface area contributed by atoms with Crippen LogP contribution < -0.4 is 21.7 Å². The van der Waals surface area contributed by atoms with Crippen molar-refractivity contribution in [2.75, 3.05) is 0 Å². The van der Waals surface area contributed by atoms with Gasteiger partial charge in [0.05, 0.1) is 6.04 Å². The highest BCUT2D eigenvalue weighted by atomic mass is 16.4. The molecule has 3 rings (SSSR count). The van der Waals surface area contributed by atoms with Gasteiger partial charge in [0.25, 0.3) is 0 Å². The molecule has 0 aliphatic carbocycles. The van der Waals surface area contributed by atoms with E-state index >= 15 is 0 Å². The number of nitrogens with two attached hydrogens (primary N) is 1. The van der Waals surface area contributed by atoms with Crippen molar-refractivity contribution in [2.24, 2.45) is 5.73 Å². The molecule has 218 valence electrons. The van der Waals surface area contributed by atoms with Crippen LogP contribution in [-0.2, 0) is 36.8 Å². The Morgan fingerprint density at radius 3 is 2.15 bits per heavy atom. The quantitative estimate of drug-likeness (QED) is 0.135. The van der Waals surface area contributed by atoms with Gasteiger partial charge >= 0.3 is 11.9 Å². The minimum Gasteiger partial charge on any atom is -0.508 e. The highest BCUT2D eigenvalue weighted by molar-refractivity contribution is 5.95. The summed E-state index contributed by atoms with van der Waals surface area (Å²) >= 11 is 0. The minimum absolute atomic E-state index is 0.0200. The maximum Gasteiger partial charge on any atom is 0.325 e. The summed E-state index contributed by atoms with van der Waals surface area (Å²) in [5, 5.41) is 36.0. The normalized spacial score (nSPS) is 13.9. The molecule has 2 aromatic carbocycles. The molecule has 0 radical (unpaired) electrons. The van der Waals surface area contributed by atoms with Gasteiger partial charge in [0.1, 0.15) is 23.9 Å². The second kappa shape index (κ2) is 13.9. The molecule has 0 aliphatic heterocycles. The smallest absolute Gasteiger partial charge is 0.325 e. The van der Waals surface area contributed by atoms with Gasteiger partial charge in [0.2, 0.25) is 17.7 Å². The number of para-hydroxylation sites is 1. The maximum atomic E-state index is 13.3. The van der Waals surface area contributed by atoms with Crippen LogP contribution in [-0.4, -0.2) is 74.1 Å². The van der Waals surface area contributed by atoms with Gasteiger partial charge in [-0.1, -0.05) is 30.3 Å². The van der Waals surface area contributed by atoms with E-state index in [2.05, 4.69) is 20.9 Å². The van der Waals surface area contributed by atoms with Crippen molar-refractivity contribution >= 4 is 40.6 Å². The van der Waals surface area contributed by atoms with Crippen LogP contribution in [0.5, 0.6) is 5.75 Å². The maximum absolute atomic E-state index is 13.3. The van der Waals surface area contributed by atoms with E-state index < -0.39 is 60.2 Å². The topological polar surface area (TPSA) is 224 Å². The average Bonchev–Trinajstić information content (AvgIpc) is 3.34. The van der Waals surface area contributed by atoms with Crippen molar-refractivity contribution in [1.29, 1.82) is 0 Å². The summed E-state index contributed by atoms with van der Waals surface area (Å²) in [7, 11) is 0. The zero-order valence-corrected chi connectivity index (χ0v) is 22.3. The van der Waals surface area contributed by atoms with Crippen LogP contribution in [0.1, 0.15) is 30.9 Å². The Kier molecular flexibility index (Phi) is 10.4. The molecule has 1 aromatic heterocycles. The minimum atomic E-state index is -1.35. The average molecular weight is 568 g/mol. The highest BCUT2D eigenvalue weighted by Crippen LogP contribution is 2.19. The van der Waals surface area contributed by atoms with Gasteiger partial charge in [-0.25, -0.2) is 0 Å². The monoisotopic (exact) mass is 567 g/mol. The van der Waals surface area contributed by atoms with Gasteiger partial charge in [-0.2, -0.15) is 0 Å². The third-order valence-electron chi connectivity index (χ3n) is 6.47. The highest BCUT2D eigenvalue weighted by Gasteiger charge is 2.30. The predicted molar refractivity (Wildman–Crippen MR) is 148 cm³/mol. The van der Waals surface area contributed by atoms with Gasteiger partial charge in [0.15, 0.2) is 0 Å². The number of aromatic amines is 1. The number of H-pyrrole nitrogens is 1. The summed E-state index contributed by atoms with van der Waals surface area (Å²) in [6.45, 7) is 1.27. The number of aromatic hydroxyl groups is 1. The molecule has 1 heterocycles. The van der Waals surface area contributed by atoms with E-state index in [4.69, 9.17) is 5.73 Å². The molecule has 0 bridgehead atoms. The summed E-state index contributed by atoms with van der Waals surface area (Å²) in [5.41, 5.74) is 8.14. The molecule has 3 aromatic rings. The molecule has 0 aliphatic rings. The van der Waals surface area contributed by atoms with Gasteiger partial charge in [-0.3, -0.25) is 24.0 Å². The van der Waals surface area contributed by atoms with Crippen LogP contribution in [0.4, 0.5) is 0 Å². The molecule has 0 saturated heterocycles. The van der Waals surface area contributed by atoms with Gasteiger partial charge in [-0.05, 0) is 49.1 Å². The van der Waals surface area contributed by atoms with Gasteiger partial charge < -0.3 is 42.0 Å². The fourth-order valence-corrected chi connectivity index (χ4v) is 4.17. The number of carbonyl (C=O) groups is 5. The second-order valence-electron chi connectivity index (χ2n) is 9.66. The lowest BCUT2D eigenvalue weighted by Crippen LogP contribution is -2.57. The van der Waals surface area contributed by atoms with Gasteiger partial charge in [0, 0.05) is 29.9 Å². The molecule has 9 N–H and O–H groups in total. The van der Waals surface area contributed by atoms with Crippen molar-refractivity contribution in [3.63, 3.8) is 0 Å². The Morgan fingerprint density at radius 1 is 0.854 bits per heavy atom. The first kappa shape index (κ1) is 30.6. The molecule has 41 heavy (non-hydrogen) atoms. The third kappa shape index (κ3) is 8.80. The van der Waals surface area contributed by atoms with Crippen LogP contribution in [0.25, 0.3) is 10.9 Å². The summed E-state index contributed by atoms with van der Waals surface area (Å²) in [6, 6.07) is 8.39. The number of phenolic OH excluding ortho intramolecular Hbond substituents is 1. The molecule has 0 fully saturated rings. The number of carboxylic acid groups (broad SMARTS) is 2. The molecule has 4 atom stereocenters. The summed E-state index contributed by atoms with van der Waals surface area (Å²) in [6.07, 6.45) is 0.989. The standard InChI is InChI=1S/C28H33N5O8/c1-15(28(40)41)31-27(39)23(13-17-14-30-21-5-3-2-4-19(17)21)33-26(38)22(10-11-24(35)36)32-25(37)20(29)12-16-6-8-18(34)9-7-16/h2-9,14-15,20,22-23,30,34H,10-13,29H2,1H3,(H,31,39)(H,32,37)(H,33,38)(H,35,36)(H,40,41). The van der Waals surface area contributed by atoms with Crippen molar-refractivity contribution < 1.29 is 39.3 Å². The van der Waals surface area contributed by atoms with Crippen LogP contribution in [0.3, 0.4) is 0 Å². The molecular weight excluding hydrogens is 534 g/mol. The van der Waals surface area contributed by atoms with Crippen LogP contribution in [0, 0.1) is 0 Å². The van der Waals surface area contributed by atoms with Crippen LogP contribution in [0.15, 0.2) is 54.7 Å². The third-order valence-corrected chi connectivity index (χ3v) is 6.47. The number of fused-ring (bicyclic) bond motifs is 1. The molecule has 3 amide bonds. The van der Waals surface area contributed by atoms with Crippen LogP contribution >= 0.6 is 0 Å². The lowest BCUT2D eigenvalue weighted by atomic mass is 10.0. The first-order valence-corrected chi connectivity index (χ1v) is 12.9. The molecular formula is C28H33N5O8. The van der Waals surface area contributed by atoms with E-state index in [1.807, 2.05) is 18.2 Å². The van der Waals surface area contributed by atoms with E-state index in [1.54, 1.807) is 24.4 Å². The molecule has 4 unspecified atom stereocenters. The Balaban J connectivity index is 1.79. The number of hydrogen-bond donors (Lipinski definition) is 8. The molecule has 0 spiro atoms. The molecule has 13 nitrogen and oxygen atoms in total. The molecule has 13 heteroatoms. The number of carboxylic acids is 2. The van der Waals surface area contributed by atoms with Crippen molar-refractivity contribution in [2.45, 2.75) is 56.8 Å². The number of aromatic nitrogens is 1. The summed E-state index contributed by atoms with van der Waals surface area (Å²) < 4.78 is 0. The fourth-order valence-electron chi connectivity index (χ4n) is 4.17. The van der Waals surface area contributed by atoms with Crippen molar-refractivity contribution in [3.8, 4) is 5.75 Å². The predicted octanol–water partition coefficient (Wildman–Crippen LogP) is 0.410. The zero-order chi connectivity index (χ0) is 30.1. The zero-order valence-electron chi connectivity index (χ0n) is 22.3. The largest absolute Gasteiger partial charge is 0.508 e. The van der Waals surface area contributed by atoms with E-state index in [0.717, 1.165) is 10.9 Å². The number of phenols is 1. The molecule has 0 saturated carbocycles. The Labute approximate surface area is 235 Å². The lowest BCUT2D eigenvalue weighted by Gasteiger charge is -2.24. The SMILES string of the molecule is CC(NC(=O)C(Cc1c[nH]c2ccccc12)NC(=O)C(CCC(=O)O)NC(=O)C(N)Cc1ccc(O)cc1)C(=O)O. The Bertz CT molecular complexity index is 1400. The van der Waals surface area contributed by atoms with Gasteiger partial charge in [-0.15, -0.1) is 0 Å². The summed E-state index contributed by atoms with van der Waals surface area (Å²) in [5.74, 6) is -4.76. The first-order valence-electron chi connectivity index (χ1n) is 12.9.